The molecule has 0 aromatic heterocycles. The predicted molar refractivity (Wildman–Crippen MR) is 205 cm³/mol. The van der Waals surface area contributed by atoms with E-state index in [1.165, 1.54) is 0 Å². The summed E-state index contributed by atoms with van der Waals surface area (Å²) in [6, 6.07) is 0. The van der Waals surface area contributed by atoms with Crippen molar-refractivity contribution >= 4 is 47.6 Å². The van der Waals surface area contributed by atoms with Crippen LogP contribution in [0.4, 0.5) is 0 Å². The smallest absolute Gasteiger partial charge is 0.303 e. The first-order chi connectivity index (χ1) is 28.0. The van der Waals surface area contributed by atoms with E-state index in [0.29, 0.717) is 12.8 Å². The van der Waals surface area contributed by atoms with Gasteiger partial charge in [-0.3, -0.25) is 38.4 Å². The fourth-order valence-electron chi connectivity index (χ4n) is 6.77. The molecule has 0 aromatic rings. The van der Waals surface area contributed by atoms with E-state index in [1.54, 1.807) is 0 Å². The number of ether oxygens (including phenoxy) is 9. The van der Waals surface area contributed by atoms with E-state index in [0.717, 1.165) is 92.9 Å². The molecule has 2 aliphatic rings. The van der Waals surface area contributed by atoms with Gasteiger partial charge in [0.2, 0.25) is 24.4 Å². The lowest BCUT2D eigenvalue weighted by Crippen LogP contribution is -2.67. The Morgan fingerprint density at radius 3 is 1.00 bits per heavy atom. The zero-order valence-corrected chi connectivity index (χ0v) is 35.6. The number of carbonyl (C=O) groups is 8. The van der Waals surface area contributed by atoms with Crippen LogP contribution >= 0.6 is 0 Å². The molecule has 336 valence electrons. The molecular weight excluding hydrogens is 780 g/mol. The van der Waals surface area contributed by atoms with Crippen molar-refractivity contribution in [3.05, 3.63) is 0 Å². The van der Waals surface area contributed by atoms with Crippen molar-refractivity contribution in [3.8, 4) is 0 Å². The number of amides is 2. The van der Waals surface area contributed by atoms with E-state index >= 15 is 0 Å². The van der Waals surface area contributed by atoms with Gasteiger partial charge in [0.05, 0.1) is 0 Å². The molecule has 2 fully saturated rings. The summed E-state index contributed by atoms with van der Waals surface area (Å²) in [6.45, 7) is 9.99. The highest BCUT2D eigenvalue weighted by Gasteiger charge is 2.57. The Kier molecular flexibility index (Phi) is 23.0. The molecule has 2 saturated heterocycles. The Bertz CT molecular complexity index is 1310. The Morgan fingerprint density at radius 2 is 0.695 bits per heavy atom. The molecule has 19 heteroatoms. The van der Waals surface area contributed by atoms with E-state index in [9.17, 15) is 38.4 Å². The minimum absolute atomic E-state index is 0.190. The van der Waals surface area contributed by atoms with Gasteiger partial charge in [0.15, 0.2) is 36.6 Å². The number of hydrogen-bond donors (Lipinski definition) is 2. The Hall–Kier alpha value is -4.36. The Morgan fingerprint density at radius 1 is 0.407 bits per heavy atom. The second-order valence-corrected chi connectivity index (χ2v) is 14.6. The molecule has 2 aliphatic heterocycles. The summed E-state index contributed by atoms with van der Waals surface area (Å²) in [6.07, 6.45) is -6.23. The number of rotatable bonds is 24. The third-order valence-electron chi connectivity index (χ3n) is 9.28. The minimum Gasteiger partial charge on any atom is -0.456 e. The van der Waals surface area contributed by atoms with Crippen molar-refractivity contribution in [1.82, 2.24) is 10.6 Å². The molecule has 19 nitrogen and oxygen atoms in total. The van der Waals surface area contributed by atoms with Crippen LogP contribution in [-0.2, 0) is 81.0 Å². The first-order valence-electron chi connectivity index (χ1n) is 20.5. The lowest BCUT2D eigenvalue weighted by atomic mass is 9.96. The number of hydrogen-bond acceptors (Lipinski definition) is 17. The molecule has 59 heavy (non-hydrogen) atoms. The largest absolute Gasteiger partial charge is 0.456 e. The van der Waals surface area contributed by atoms with Crippen molar-refractivity contribution in [2.24, 2.45) is 0 Å². The van der Waals surface area contributed by atoms with E-state index in [4.69, 9.17) is 42.6 Å². The normalized spacial score (nSPS) is 26.4. The van der Waals surface area contributed by atoms with Crippen molar-refractivity contribution < 1.29 is 81.0 Å². The summed E-state index contributed by atoms with van der Waals surface area (Å²) in [4.78, 5) is 101. The number of unbranched alkanes of at least 4 members (excludes halogenated alkanes) is 8. The average Bonchev–Trinajstić information content (AvgIpc) is 3.13. The van der Waals surface area contributed by atoms with Gasteiger partial charge in [0, 0.05) is 67.5 Å². The van der Waals surface area contributed by atoms with E-state index in [-0.39, 0.29) is 37.7 Å². The van der Waals surface area contributed by atoms with Crippen molar-refractivity contribution in [2.75, 3.05) is 13.1 Å². The molecule has 0 unspecified atom stereocenters. The van der Waals surface area contributed by atoms with Crippen LogP contribution in [0.1, 0.15) is 132 Å². The number of esters is 6. The molecule has 2 heterocycles. The van der Waals surface area contributed by atoms with Crippen LogP contribution in [0.5, 0.6) is 0 Å². The van der Waals surface area contributed by atoms with Crippen LogP contribution < -0.4 is 10.6 Å². The fraction of sp³-hybridized carbons (Fsp3) is 0.800. The van der Waals surface area contributed by atoms with Crippen molar-refractivity contribution in [2.45, 2.75) is 194 Å². The monoisotopic (exact) mass is 844 g/mol. The zero-order valence-electron chi connectivity index (χ0n) is 35.6. The molecule has 0 radical (unpaired) electrons. The quantitative estimate of drug-likeness (QED) is 0.0806. The van der Waals surface area contributed by atoms with Gasteiger partial charge in [-0.25, -0.2) is 0 Å². The molecule has 0 spiro atoms. The van der Waals surface area contributed by atoms with Gasteiger partial charge in [-0.05, 0) is 12.8 Å². The topological polar surface area (TPSA) is 244 Å². The Balaban J connectivity index is 2.59. The summed E-state index contributed by atoms with van der Waals surface area (Å²) >= 11 is 0. The SMILES string of the molecule is CCCCCCCC(=O)NC[C@H]1O[C@H](O[C@H]2O[C@H](CNC(=O)CCCCCCC)[C@@H](OC(C)=O)[C@H](OC(C)=O)[C@H]2OC(C)=O)[C@H](OC(C)=O)[C@@H](OC(C)=O)[C@@H]1OC(C)=O. The van der Waals surface area contributed by atoms with Crippen LogP contribution in [0.2, 0.25) is 0 Å². The summed E-state index contributed by atoms with van der Waals surface area (Å²) in [5, 5.41) is 5.48. The first-order valence-corrected chi connectivity index (χ1v) is 20.5. The molecule has 0 saturated carbocycles. The van der Waals surface area contributed by atoms with Gasteiger partial charge in [-0.2, -0.15) is 0 Å². The molecular formula is C40H64N2O17. The van der Waals surface area contributed by atoms with Gasteiger partial charge in [-0.15, -0.1) is 0 Å². The first kappa shape index (κ1) is 50.8. The lowest BCUT2D eigenvalue weighted by Gasteiger charge is -2.48. The highest BCUT2D eigenvalue weighted by atomic mass is 16.8. The molecule has 0 bridgehead atoms. The average molecular weight is 845 g/mol. The third kappa shape index (κ3) is 18.6. The maximum absolute atomic E-state index is 12.9. The standard InChI is InChI=1S/C40H64N2O17/c1-9-11-13-15-17-19-31(49)41-21-29-33(51-23(3)43)35(53-25(5)45)37(55-27(7)47)39(57-29)59-40-38(56-28(8)48)36(54-26(6)46)34(52-24(4)44)30(58-40)22-42-32(50)20-18-16-14-12-10-2/h29-30,33-40H,9-22H2,1-8H3,(H,41,49)(H,42,50)/t29-,30-,33-,34-,35+,36+,37-,38-,39-,40-/m1/s1. The molecule has 0 aromatic carbocycles. The number of nitrogens with one attached hydrogen (secondary N) is 2. The molecule has 2 rings (SSSR count). The minimum atomic E-state index is -1.78. The maximum atomic E-state index is 12.9. The molecule has 2 N–H and O–H groups in total. The van der Waals surface area contributed by atoms with Crippen molar-refractivity contribution in [1.29, 1.82) is 0 Å². The van der Waals surface area contributed by atoms with E-state index < -0.39 is 97.2 Å². The van der Waals surface area contributed by atoms with Crippen LogP contribution in [-0.4, -0.2) is 122 Å². The Labute approximate surface area is 345 Å². The van der Waals surface area contributed by atoms with Gasteiger partial charge in [0.25, 0.3) is 0 Å². The van der Waals surface area contributed by atoms with Crippen LogP contribution in [0, 0.1) is 0 Å². The lowest BCUT2D eigenvalue weighted by molar-refractivity contribution is -0.373. The highest BCUT2D eigenvalue weighted by Crippen LogP contribution is 2.35. The summed E-state index contributed by atoms with van der Waals surface area (Å²) in [5.41, 5.74) is 0. The van der Waals surface area contributed by atoms with Crippen LogP contribution in [0.15, 0.2) is 0 Å². The van der Waals surface area contributed by atoms with Crippen LogP contribution in [0.25, 0.3) is 0 Å². The van der Waals surface area contributed by atoms with E-state index in [1.807, 2.05) is 0 Å². The summed E-state index contributed by atoms with van der Waals surface area (Å²) < 4.78 is 52.1. The van der Waals surface area contributed by atoms with Gasteiger partial charge >= 0.3 is 35.8 Å². The fourth-order valence-corrected chi connectivity index (χ4v) is 6.77. The van der Waals surface area contributed by atoms with Crippen LogP contribution in [0.3, 0.4) is 0 Å². The van der Waals surface area contributed by atoms with Gasteiger partial charge < -0.3 is 53.3 Å². The second-order valence-electron chi connectivity index (χ2n) is 14.6. The second kappa shape index (κ2) is 26.7. The zero-order chi connectivity index (χ0) is 44.1. The third-order valence-corrected chi connectivity index (χ3v) is 9.28. The van der Waals surface area contributed by atoms with Gasteiger partial charge in [0.1, 0.15) is 12.2 Å². The summed E-state index contributed by atoms with van der Waals surface area (Å²) in [5.74, 6) is -5.85. The molecule has 0 aliphatic carbocycles. The summed E-state index contributed by atoms with van der Waals surface area (Å²) in [7, 11) is 0. The van der Waals surface area contributed by atoms with Gasteiger partial charge in [-0.1, -0.05) is 65.2 Å². The maximum Gasteiger partial charge on any atom is 0.303 e. The van der Waals surface area contributed by atoms with E-state index in [2.05, 4.69) is 24.5 Å². The molecule has 2 amide bonds. The number of carbonyl (C=O) groups excluding carboxylic acids is 8. The highest BCUT2D eigenvalue weighted by molar-refractivity contribution is 5.76. The predicted octanol–water partition coefficient (Wildman–Crippen LogP) is 3.00. The molecule has 10 atom stereocenters. The van der Waals surface area contributed by atoms with Crippen molar-refractivity contribution in [3.63, 3.8) is 0 Å².